The van der Waals surface area contributed by atoms with Gasteiger partial charge in [0.25, 0.3) is 11.8 Å². The molecule has 0 heterocycles. The summed E-state index contributed by atoms with van der Waals surface area (Å²) in [5, 5.41) is 22.2. The fourth-order valence-corrected chi connectivity index (χ4v) is 5.69. The van der Waals surface area contributed by atoms with E-state index in [1.165, 1.54) is 40.2 Å². The van der Waals surface area contributed by atoms with E-state index in [1.54, 1.807) is 24.3 Å². The third kappa shape index (κ3) is 9.45. The summed E-state index contributed by atoms with van der Waals surface area (Å²) in [7, 11) is 2.82. The van der Waals surface area contributed by atoms with E-state index < -0.39 is 35.5 Å². The van der Waals surface area contributed by atoms with E-state index in [0.717, 1.165) is 22.3 Å². The van der Waals surface area contributed by atoms with Gasteiger partial charge >= 0.3 is 0 Å². The van der Waals surface area contributed by atoms with Crippen molar-refractivity contribution in [3.05, 3.63) is 93.0 Å². The van der Waals surface area contributed by atoms with Crippen LogP contribution < -0.4 is 20.1 Å². The molecule has 4 rings (SSSR count). The van der Waals surface area contributed by atoms with Crippen molar-refractivity contribution in [2.24, 2.45) is 20.5 Å². The largest absolute Gasteiger partial charge is 0.494 e. The van der Waals surface area contributed by atoms with Crippen LogP contribution in [-0.4, -0.2) is 49.7 Å². The van der Waals surface area contributed by atoms with E-state index in [4.69, 9.17) is 32.7 Å². The van der Waals surface area contributed by atoms with Crippen molar-refractivity contribution in [3.63, 3.8) is 0 Å². The Morgan fingerprint density at radius 1 is 0.596 bits per heavy atom. The summed E-state index contributed by atoms with van der Waals surface area (Å²) < 4.78 is 11.1. The van der Waals surface area contributed by atoms with Gasteiger partial charge in [-0.1, -0.05) is 58.6 Å². The Labute approximate surface area is 311 Å². The average molecular weight is 746 g/mol. The van der Waals surface area contributed by atoms with Crippen molar-refractivity contribution in [3.8, 4) is 22.6 Å². The van der Waals surface area contributed by atoms with Crippen LogP contribution in [-0.2, 0) is 19.2 Å². The number of carbonyl (C=O) groups is 4. The first-order valence-electron chi connectivity index (χ1n) is 16.0. The molecule has 52 heavy (non-hydrogen) atoms. The van der Waals surface area contributed by atoms with Crippen molar-refractivity contribution in [2.45, 2.75) is 53.6 Å². The number of hydrogen-bond donors (Lipinski definition) is 2. The second-order valence-electron chi connectivity index (χ2n) is 12.1. The van der Waals surface area contributed by atoms with Crippen molar-refractivity contribution in [2.75, 3.05) is 24.9 Å². The van der Waals surface area contributed by atoms with Gasteiger partial charge in [-0.3, -0.25) is 19.2 Å². The van der Waals surface area contributed by atoms with Gasteiger partial charge in [-0.2, -0.15) is 20.5 Å². The molecule has 0 fully saturated rings. The summed E-state index contributed by atoms with van der Waals surface area (Å²) in [4.78, 5) is 50.9. The topological polar surface area (TPSA) is 160 Å². The number of azo groups is 2. The van der Waals surface area contributed by atoms with E-state index in [2.05, 4.69) is 31.1 Å². The molecule has 0 aliphatic heterocycles. The van der Waals surface area contributed by atoms with Crippen molar-refractivity contribution in [1.82, 2.24) is 0 Å². The maximum Gasteiger partial charge on any atom is 0.258 e. The van der Waals surface area contributed by atoms with Gasteiger partial charge in [0.15, 0.2) is 11.6 Å². The molecule has 2 N–H and O–H groups in total. The number of ether oxygens (including phenoxy) is 2. The first kappa shape index (κ1) is 39.3. The lowest BCUT2D eigenvalue weighted by molar-refractivity contribution is -0.127. The zero-order chi connectivity index (χ0) is 38.3. The normalized spacial score (nSPS) is 12.4. The van der Waals surface area contributed by atoms with Crippen LogP contribution in [0.2, 0.25) is 10.0 Å². The number of halogens is 2. The molecule has 0 spiro atoms. The fraction of sp³-hybridized carbons (Fsp3) is 0.263. The Morgan fingerprint density at radius 3 is 1.27 bits per heavy atom. The molecular formula is C38H38Cl2N6O6. The van der Waals surface area contributed by atoms with Crippen molar-refractivity contribution < 1.29 is 28.7 Å². The second kappa shape index (κ2) is 17.2. The molecule has 14 heteroatoms. The monoisotopic (exact) mass is 744 g/mol. The Hall–Kier alpha value is -5.46. The number of methoxy groups -OCH3 is 2. The van der Waals surface area contributed by atoms with Gasteiger partial charge < -0.3 is 20.1 Å². The van der Waals surface area contributed by atoms with E-state index in [-0.39, 0.29) is 32.9 Å². The van der Waals surface area contributed by atoms with Crippen molar-refractivity contribution >= 4 is 69.3 Å². The summed E-state index contributed by atoms with van der Waals surface area (Å²) in [5.74, 6) is -1.87. The first-order valence-corrected chi connectivity index (χ1v) is 16.7. The smallest absolute Gasteiger partial charge is 0.258 e. The Balaban J connectivity index is 1.61. The van der Waals surface area contributed by atoms with Gasteiger partial charge in [0, 0.05) is 22.5 Å². The molecule has 2 unspecified atom stereocenters. The minimum atomic E-state index is -1.43. The third-order valence-electron chi connectivity index (χ3n) is 7.94. The lowest BCUT2D eigenvalue weighted by Crippen LogP contribution is -2.32. The highest BCUT2D eigenvalue weighted by molar-refractivity contribution is 6.37. The quantitative estimate of drug-likeness (QED) is 0.102. The van der Waals surface area contributed by atoms with Gasteiger partial charge in [-0.05, 0) is 89.1 Å². The number of amides is 2. The third-order valence-corrected chi connectivity index (χ3v) is 8.56. The van der Waals surface area contributed by atoms with Gasteiger partial charge in [-0.25, -0.2) is 0 Å². The highest BCUT2D eigenvalue weighted by Gasteiger charge is 2.26. The summed E-state index contributed by atoms with van der Waals surface area (Å²) in [6, 6.07) is 14.2. The molecule has 270 valence electrons. The Kier molecular flexibility index (Phi) is 13.0. The standard InChI is InChI=1S/C38H38Cl2N6O6/c1-19-9-11-29(21(3)13-19)41-37(49)35(23(5)47)45-43-31-17-27(39)25(15-33(31)51-7)26-16-34(52-8)32(18-28(26)40)44-46-36(24(6)48)38(50)42-30-12-10-20(2)14-22(30)4/h9-18,35-36H,1-8H3,(H,41,49)(H,42,50). The lowest BCUT2D eigenvalue weighted by Gasteiger charge is -2.15. The van der Waals surface area contributed by atoms with Gasteiger partial charge in [-0.15, -0.1) is 0 Å². The Morgan fingerprint density at radius 2 is 0.962 bits per heavy atom. The van der Waals surface area contributed by atoms with Crippen LogP contribution in [0.25, 0.3) is 11.1 Å². The van der Waals surface area contributed by atoms with Crippen LogP contribution in [0.3, 0.4) is 0 Å². The van der Waals surface area contributed by atoms with E-state index in [9.17, 15) is 19.2 Å². The van der Waals surface area contributed by atoms with Crippen LogP contribution in [0.15, 0.2) is 81.1 Å². The molecule has 0 saturated carbocycles. The Bertz CT molecular complexity index is 1970. The molecule has 4 aromatic carbocycles. The van der Waals surface area contributed by atoms with Crippen LogP contribution >= 0.6 is 23.2 Å². The van der Waals surface area contributed by atoms with E-state index >= 15 is 0 Å². The maximum atomic E-state index is 13.0. The average Bonchev–Trinajstić information content (AvgIpc) is 3.07. The zero-order valence-electron chi connectivity index (χ0n) is 29.9. The van der Waals surface area contributed by atoms with Crippen molar-refractivity contribution in [1.29, 1.82) is 0 Å². The van der Waals surface area contributed by atoms with Crippen LogP contribution in [0, 0.1) is 27.7 Å². The van der Waals surface area contributed by atoms with Gasteiger partial charge in [0.05, 0.1) is 24.3 Å². The number of nitrogens with one attached hydrogen (secondary N) is 2. The highest BCUT2D eigenvalue weighted by Crippen LogP contribution is 2.45. The number of benzene rings is 4. The lowest BCUT2D eigenvalue weighted by atomic mass is 10.0. The summed E-state index contributed by atoms with van der Waals surface area (Å²) in [6.07, 6.45) is 0. The predicted octanol–water partition coefficient (Wildman–Crippen LogP) is 9.27. The predicted molar refractivity (Wildman–Crippen MR) is 202 cm³/mol. The SMILES string of the molecule is COc1cc(-c2cc(OC)c(N=NC(C(C)=O)C(=O)Nc3ccc(C)cc3C)cc2Cl)c(Cl)cc1N=NC(C(C)=O)C(=O)Nc1ccc(C)cc1C. The minimum Gasteiger partial charge on any atom is -0.494 e. The van der Waals surface area contributed by atoms with Gasteiger partial charge in [0.2, 0.25) is 12.1 Å². The highest BCUT2D eigenvalue weighted by atomic mass is 35.5. The molecule has 2 atom stereocenters. The number of ketones is 2. The number of anilines is 2. The number of carbonyl (C=O) groups excluding carboxylic acids is 4. The van der Waals surface area contributed by atoms with E-state index in [1.807, 2.05) is 52.0 Å². The number of Topliss-reactive ketones (excluding diaryl/α,β-unsaturated/α-hetero) is 2. The maximum absolute atomic E-state index is 13.0. The molecule has 0 bridgehead atoms. The molecule has 12 nitrogen and oxygen atoms in total. The molecule has 0 aliphatic rings. The molecular weight excluding hydrogens is 707 g/mol. The van der Waals surface area contributed by atoms with Crippen LogP contribution in [0.4, 0.5) is 22.7 Å². The molecule has 0 radical (unpaired) electrons. The summed E-state index contributed by atoms with van der Waals surface area (Å²) in [6.45, 7) is 10.1. The summed E-state index contributed by atoms with van der Waals surface area (Å²) >= 11 is 13.4. The van der Waals surface area contributed by atoms with Crippen LogP contribution in [0.1, 0.15) is 36.1 Å². The molecule has 0 aromatic heterocycles. The van der Waals surface area contributed by atoms with Gasteiger partial charge in [0.1, 0.15) is 22.9 Å². The van der Waals surface area contributed by atoms with Crippen LogP contribution in [0.5, 0.6) is 11.5 Å². The summed E-state index contributed by atoms with van der Waals surface area (Å²) in [5.41, 5.74) is 6.00. The van der Waals surface area contributed by atoms with E-state index in [0.29, 0.717) is 22.5 Å². The number of rotatable bonds is 13. The number of aryl methyl sites for hydroxylation is 4. The fourth-order valence-electron chi connectivity index (χ4n) is 5.17. The zero-order valence-corrected chi connectivity index (χ0v) is 31.4. The number of nitrogens with zero attached hydrogens (tertiary/aromatic N) is 4. The molecule has 0 aliphatic carbocycles. The second-order valence-corrected chi connectivity index (χ2v) is 12.9. The number of hydrogen-bond acceptors (Lipinski definition) is 10. The first-order chi connectivity index (χ1) is 24.6. The molecule has 0 saturated heterocycles. The molecule has 4 aromatic rings. The minimum absolute atomic E-state index is 0.157. The molecule has 2 amide bonds.